The molecule has 0 spiro atoms. The van der Waals surface area contributed by atoms with E-state index >= 15 is 0 Å². The molecule has 10 aromatic carbocycles. The summed E-state index contributed by atoms with van der Waals surface area (Å²) >= 11 is 0. The van der Waals surface area contributed by atoms with Crippen LogP contribution in [0, 0.1) is 0 Å². The summed E-state index contributed by atoms with van der Waals surface area (Å²) in [5.41, 5.74) is 8.42. The molecule has 0 amide bonds. The lowest BCUT2D eigenvalue weighted by molar-refractivity contribution is 0.632. The van der Waals surface area contributed by atoms with Crippen LogP contribution in [0.4, 0.5) is 0 Å². The van der Waals surface area contributed by atoms with Gasteiger partial charge in [0.05, 0.1) is 0 Å². The highest BCUT2D eigenvalue weighted by Gasteiger charge is 2.27. The molecule has 0 aliphatic carbocycles. The highest BCUT2D eigenvalue weighted by Crippen LogP contribution is 2.53. The van der Waals surface area contributed by atoms with Crippen LogP contribution in [0.5, 0.6) is 0 Å². The molecule has 0 aliphatic heterocycles. The fourth-order valence-corrected chi connectivity index (χ4v) is 9.11. The summed E-state index contributed by atoms with van der Waals surface area (Å²) in [5, 5.41) is 13.8. The molecule has 2 heteroatoms. The average molecular weight is 713 g/mol. The van der Waals surface area contributed by atoms with Crippen molar-refractivity contribution in [3.63, 3.8) is 0 Å². The number of rotatable bonds is 4. The van der Waals surface area contributed by atoms with Crippen molar-refractivity contribution in [2.24, 2.45) is 0 Å². The lowest BCUT2D eigenvalue weighted by Gasteiger charge is -2.21. The van der Waals surface area contributed by atoms with Crippen LogP contribution in [0.2, 0.25) is 0 Å². The first kappa shape index (κ1) is 31.0. The van der Waals surface area contributed by atoms with E-state index in [9.17, 15) is 0 Å². The van der Waals surface area contributed by atoms with E-state index in [0.29, 0.717) is 0 Å². The van der Waals surface area contributed by atoms with Crippen LogP contribution in [0.25, 0.3) is 121 Å². The SMILES string of the molecule is c1ccc2cc(-c3c(-c4c5ccccc5c(-c5cc6ccccc6o5)c5c(-c6ccc7ccccc7c6)c6ccccc6cc45)oc4ccccc34)ccc2c1. The van der Waals surface area contributed by atoms with Gasteiger partial charge in [0, 0.05) is 32.8 Å². The van der Waals surface area contributed by atoms with Gasteiger partial charge in [-0.15, -0.1) is 0 Å². The Morgan fingerprint density at radius 1 is 0.268 bits per heavy atom. The molecular weight excluding hydrogens is 681 g/mol. The van der Waals surface area contributed by atoms with Crippen molar-refractivity contribution in [3.8, 4) is 44.9 Å². The first-order chi connectivity index (χ1) is 27.8. The Balaban J connectivity index is 1.31. The van der Waals surface area contributed by atoms with Gasteiger partial charge in [-0.2, -0.15) is 0 Å². The molecule has 0 unspecified atom stereocenters. The normalized spacial score (nSPS) is 11.9. The third kappa shape index (κ3) is 4.63. The predicted molar refractivity (Wildman–Crippen MR) is 235 cm³/mol. The lowest BCUT2D eigenvalue weighted by atomic mass is 9.82. The molecular formula is C54H32O2. The van der Waals surface area contributed by atoms with Gasteiger partial charge in [0.2, 0.25) is 0 Å². The van der Waals surface area contributed by atoms with Gasteiger partial charge in [0.15, 0.2) is 0 Å². The topological polar surface area (TPSA) is 26.3 Å². The van der Waals surface area contributed by atoms with Crippen molar-refractivity contribution in [2.45, 2.75) is 0 Å². The van der Waals surface area contributed by atoms with E-state index in [-0.39, 0.29) is 0 Å². The highest BCUT2D eigenvalue weighted by molar-refractivity contribution is 6.30. The Labute approximate surface area is 322 Å². The second kappa shape index (κ2) is 12.0. The molecule has 2 aromatic heterocycles. The van der Waals surface area contributed by atoms with E-state index in [2.05, 4.69) is 188 Å². The van der Waals surface area contributed by atoms with Gasteiger partial charge in [0.25, 0.3) is 0 Å². The fourth-order valence-electron chi connectivity index (χ4n) is 9.11. The van der Waals surface area contributed by atoms with Crippen molar-refractivity contribution < 1.29 is 8.83 Å². The zero-order valence-electron chi connectivity index (χ0n) is 30.3. The molecule has 12 aromatic rings. The summed E-state index contributed by atoms with van der Waals surface area (Å²) in [7, 11) is 0. The molecule has 260 valence electrons. The van der Waals surface area contributed by atoms with Crippen LogP contribution in [-0.4, -0.2) is 0 Å². The van der Waals surface area contributed by atoms with Crippen LogP contribution in [0.15, 0.2) is 203 Å². The van der Waals surface area contributed by atoms with Crippen molar-refractivity contribution in [1.29, 1.82) is 0 Å². The van der Waals surface area contributed by atoms with E-state index in [1.807, 2.05) is 6.07 Å². The maximum absolute atomic E-state index is 7.15. The highest BCUT2D eigenvalue weighted by atomic mass is 16.3. The Hall–Kier alpha value is -7.42. The molecule has 0 bridgehead atoms. The monoisotopic (exact) mass is 712 g/mol. The molecule has 12 rings (SSSR count). The summed E-state index contributed by atoms with van der Waals surface area (Å²) in [6, 6.07) is 69.7. The summed E-state index contributed by atoms with van der Waals surface area (Å²) in [4.78, 5) is 0. The van der Waals surface area contributed by atoms with Crippen molar-refractivity contribution >= 4 is 75.8 Å². The largest absolute Gasteiger partial charge is 0.456 e. The van der Waals surface area contributed by atoms with E-state index in [0.717, 1.165) is 82.8 Å². The van der Waals surface area contributed by atoms with Gasteiger partial charge in [-0.25, -0.2) is 0 Å². The maximum Gasteiger partial charge on any atom is 0.144 e. The fraction of sp³-hybridized carbons (Fsp3) is 0. The Kier molecular flexibility index (Phi) is 6.66. The van der Waals surface area contributed by atoms with Gasteiger partial charge in [0.1, 0.15) is 22.7 Å². The summed E-state index contributed by atoms with van der Waals surface area (Å²) in [5.74, 6) is 1.70. The number of para-hydroxylation sites is 2. The first-order valence-electron chi connectivity index (χ1n) is 19.2. The maximum atomic E-state index is 7.15. The van der Waals surface area contributed by atoms with Gasteiger partial charge in [-0.1, -0.05) is 158 Å². The van der Waals surface area contributed by atoms with Gasteiger partial charge in [-0.3, -0.25) is 0 Å². The third-order valence-corrected chi connectivity index (χ3v) is 11.6. The third-order valence-electron chi connectivity index (χ3n) is 11.6. The molecule has 2 heterocycles. The first-order valence-corrected chi connectivity index (χ1v) is 19.2. The second-order valence-corrected chi connectivity index (χ2v) is 14.8. The Bertz CT molecular complexity index is 3510. The minimum absolute atomic E-state index is 0.843. The van der Waals surface area contributed by atoms with Crippen LogP contribution >= 0.6 is 0 Å². The van der Waals surface area contributed by atoms with Crippen LogP contribution in [0.1, 0.15) is 0 Å². The Morgan fingerprint density at radius 3 is 1.46 bits per heavy atom. The van der Waals surface area contributed by atoms with Crippen LogP contribution in [0.3, 0.4) is 0 Å². The van der Waals surface area contributed by atoms with Crippen LogP contribution < -0.4 is 0 Å². The summed E-state index contributed by atoms with van der Waals surface area (Å²) in [6.07, 6.45) is 0. The minimum Gasteiger partial charge on any atom is -0.456 e. The average Bonchev–Trinajstić information content (AvgIpc) is 3.86. The predicted octanol–water partition coefficient (Wildman–Crippen LogP) is 15.6. The molecule has 56 heavy (non-hydrogen) atoms. The lowest BCUT2D eigenvalue weighted by Crippen LogP contribution is -1.94. The summed E-state index contributed by atoms with van der Waals surface area (Å²) < 4.78 is 14.0. The molecule has 0 saturated heterocycles. The standard InChI is InChI=1S/C54H32O2/c1-3-15-35-29-39(27-25-33(35)13-1)49-41-19-7-5-17-37(41)31-45-51(42-20-8-9-21-43(42)52(53(45)49)48-32-38-18-6-11-23-46(38)55-48)54-50(44-22-10-12-24-47(44)56-54)40-28-26-34-14-2-4-16-36(34)30-40/h1-32H. The zero-order valence-corrected chi connectivity index (χ0v) is 30.3. The van der Waals surface area contributed by atoms with E-state index in [1.54, 1.807) is 0 Å². The van der Waals surface area contributed by atoms with Gasteiger partial charge in [-0.05, 0) is 102 Å². The molecule has 0 radical (unpaired) electrons. The van der Waals surface area contributed by atoms with Crippen molar-refractivity contribution in [1.82, 2.24) is 0 Å². The van der Waals surface area contributed by atoms with Crippen molar-refractivity contribution in [2.75, 3.05) is 0 Å². The number of furan rings is 2. The molecule has 0 saturated carbocycles. The molecule has 2 nitrogen and oxygen atoms in total. The smallest absolute Gasteiger partial charge is 0.144 e. The van der Waals surface area contributed by atoms with Crippen molar-refractivity contribution in [3.05, 3.63) is 194 Å². The van der Waals surface area contributed by atoms with Gasteiger partial charge < -0.3 is 8.83 Å². The van der Waals surface area contributed by atoms with Gasteiger partial charge >= 0.3 is 0 Å². The molecule has 0 atom stereocenters. The molecule has 0 N–H and O–H groups in total. The number of fused-ring (bicyclic) bond motifs is 7. The summed E-state index contributed by atoms with van der Waals surface area (Å²) in [6.45, 7) is 0. The second-order valence-electron chi connectivity index (χ2n) is 14.8. The van der Waals surface area contributed by atoms with E-state index < -0.39 is 0 Å². The number of hydrogen-bond donors (Lipinski definition) is 0. The zero-order chi connectivity index (χ0) is 36.7. The Morgan fingerprint density at radius 2 is 0.786 bits per heavy atom. The minimum atomic E-state index is 0.843. The quantitative estimate of drug-likeness (QED) is 0.170. The van der Waals surface area contributed by atoms with E-state index in [1.165, 1.54) is 37.9 Å². The van der Waals surface area contributed by atoms with Crippen LogP contribution in [-0.2, 0) is 0 Å². The number of hydrogen-bond acceptors (Lipinski definition) is 2. The van der Waals surface area contributed by atoms with E-state index in [4.69, 9.17) is 8.83 Å². The molecule has 0 aliphatic rings. The number of benzene rings is 10. The molecule has 0 fully saturated rings.